The van der Waals surface area contributed by atoms with Gasteiger partial charge in [-0.25, -0.2) is 0 Å². The van der Waals surface area contributed by atoms with E-state index in [2.05, 4.69) is 53.7 Å². The second-order valence-corrected chi connectivity index (χ2v) is 8.36. The van der Waals surface area contributed by atoms with Gasteiger partial charge in [-0.15, -0.1) is 0 Å². The van der Waals surface area contributed by atoms with Crippen LogP contribution in [-0.4, -0.2) is 5.11 Å². The second kappa shape index (κ2) is 6.49. The molecule has 0 aliphatic heterocycles. The Morgan fingerprint density at radius 3 is 1.57 bits per heavy atom. The fraction of sp³-hybridized carbons (Fsp3) is 0.455. The minimum absolute atomic E-state index is 0.0899. The van der Waals surface area contributed by atoms with E-state index < -0.39 is 12.5 Å². The number of aliphatic hydroxyl groups is 1. The number of hydrogen-bond donors (Lipinski definition) is 1. The summed E-state index contributed by atoms with van der Waals surface area (Å²) in [5, 5.41) is 10.6. The Kier molecular flexibility index (Phi) is 4.59. The van der Waals surface area contributed by atoms with Gasteiger partial charge in [0.15, 0.2) is 0 Å². The van der Waals surface area contributed by atoms with Gasteiger partial charge in [-0.2, -0.15) is 0 Å². The zero-order chi connectivity index (χ0) is 18.1. The lowest BCUT2D eigenvalue weighted by Gasteiger charge is -2.21. The predicted molar refractivity (Wildman–Crippen MR) is 98.9 cm³/mol. The van der Waals surface area contributed by atoms with Gasteiger partial charge in [0, 0.05) is 7.77 Å². The van der Waals surface area contributed by atoms with Gasteiger partial charge < -0.3 is 5.11 Å². The monoisotopic (exact) mass is 311 g/mol. The van der Waals surface area contributed by atoms with Crippen molar-refractivity contribution in [3.8, 4) is 0 Å². The van der Waals surface area contributed by atoms with E-state index >= 15 is 0 Å². The van der Waals surface area contributed by atoms with Crippen LogP contribution in [0.15, 0.2) is 48.5 Å². The summed E-state index contributed by atoms with van der Waals surface area (Å²) in [6.45, 7) is 13.0. The molecule has 0 saturated carbocycles. The van der Waals surface area contributed by atoms with Crippen LogP contribution in [0.3, 0.4) is 0 Å². The van der Waals surface area contributed by atoms with E-state index in [0.29, 0.717) is 0 Å². The molecule has 2 atom stereocenters. The SMILES string of the molecule is [2H]C(c1ccc(C(C)(C)C)cc1)C(O)c1ccc(C(C)(C)C)cc1. The molecule has 1 nitrogen and oxygen atoms in total. The van der Waals surface area contributed by atoms with Crippen LogP contribution in [-0.2, 0) is 17.2 Å². The fourth-order valence-electron chi connectivity index (χ4n) is 2.55. The maximum atomic E-state index is 10.6. The van der Waals surface area contributed by atoms with Crippen molar-refractivity contribution in [3.63, 3.8) is 0 Å². The highest BCUT2D eigenvalue weighted by molar-refractivity contribution is 5.31. The summed E-state index contributed by atoms with van der Waals surface area (Å²) in [5.74, 6) is 0. The van der Waals surface area contributed by atoms with Gasteiger partial charge in [0.25, 0.3) is 0 Å². The molecule has 0 fully saturated rings. The lowest BCUT2D eigenvalue weighted by molar-refractivity contribution is 0.178. The molecule has 0 spiro atoms. The quantitative estimate of drug-likeness (QED) is 0.787. The summed E-state index contributed by atoms with van der Waals surface area (Å²) in [7, 11) is 0. The Morgan fingerprint density at radius 1 is 0.783 bits per heavy atom. The average Bonchev–Trinajstić information content (AvgIpc) is 2.52. The molecule has 2 aromatic rings. The molecule has 1 heteroatoms. The zero-order valence-corrected chi connectivity index (χ0v) is 15.2. The third-order valence-electron chi connectivity index (χ3n) is 4.25. The van der Waals surface area contributed by atoms with Crippen LogP contribution in [0.2, 0.25) is 0 Å². The fourth-order valence-corrected chi connectivity index (χ4v) is 2.55. The Hall–Kier alpha value is -1.60. The van der Waals surface area contributed by atoms with Gasteiger partial charge in [-0.05, 0) is 33.1 Å². The normalized spacial score (nSPS) is 15.9. The molecule has 0 saturated heterocycles. The number of aliphatic hydroxyl groups excluding tert-OH is 1. The third-order valence-corrected chi connectivity index (χ3v) is 4.25. The highest BCUT2D eigenvalue weighted by Crippen LogP contribution is 2.26. The van der Waals surface area contributed by atoms with Crippen molar-refractivity contribution in [2.75, 3.05) is 0 Å². The number of hydrogen-bond acceptors (Lipinski definition) is 1. The van der Waals surface area contributed by atoms with Crippen molar-refractivity contribution in [3.05, 3.63) is 70.8 Å². The van der Waals surface area contributed by atoms with E-state index in [1.54, 1.807) is 0 Å². The summed E-state index contributed by atoms with van der Waals surface area (Å²) in [5.41, 5.74) is 4.29. The van der Waals surface area contributed by atoms with Crippen LogP contribution in [0.5, 0.6) is 0 Å². The number of benzene rings is 2. The van der Waals surface area contributed by atoms with E-state index in [9.17, 15) is 5.11 Å². The lowest BCUT2D eigenvalue weighted by atomic mass is 9.85. The molecule has 23 heavy (non-hydrogen) atoms. The Morgan fingerprint density at radius 2 is 1.17 bits per heavy atom. The molecular weight excluding hydrogens is 280 g/mol. The number of rotatable bonds is 3. The van der Waals surface area contributed by atoms with Crippen LogP contribution >= 0.6 is 0 Å². The first-order valence-electron chi connectivity index (χ1n) is 8.89. The van der Waals surface area contributed by atoms with Crippen LogP contribution in [0.1, 0.15) is 71.3 Å². The Labute approximate surface area is 142 Å². The van der Waals surface area contributed by atoms with Gasteiger partial charge in [0.1, 0.15) is 0 Å². The highest BCUT2D eigenvalue weighted by atomic mass is 16.3. The molecular formula is C22H30O. The molecule has 0 aliphatic carbocycles. The van der Waals surface area contributed by atoms with Crippen molar-refractivity contribution in [2.45, 2.75) is 64.9 Å². The van der Waals surface area contributed by atoms with E-state index in [4.69, 9.17) is 1.37 Å². The molecule has 0 heterocycles. The molecule has 124 valence electrons. The van der Waals surface area contributed by atoms with Crippen LogP contribution < -0.4 is 0 Å². The van der Waals surface area contributed by atoms with Crippen LogP contribution in [0.4, 0.5) is 0 Å². The molecule has 0 aromatic heterocycles. The molecule has 2 aromatic carbocycles. The van der Waals surface area contributed by atoms with E-state index in [1.165, 1.54) is 11.1 Å². The van der Waals surface area contributed by atoms with Crippen molar-refractivity contribution in [2.24, 2.45) is 0 Å². The summed E-state index contributed by atoms with van der Waals surface area (Å²) in [6, 6.07) is 16.0. The lowest BCUT2D eigenvalue weighted by Crippen LogP contribution is -2.12. The van der Waals surface area contributed by atoms with Crippen molar-refractivity contribution >= 4 is 0 Å². The second-order valence-electron chi connectivity index (χ2n) is 8.36. The minimum atomic E-state index is -0.820. The highest BCUT2D eigenvalue weighted by Gasteiger charge is 2.16. The Balaban J connectivity index is 2.18. The molecule has 0 radical (unpaired) electrons. The molecule has 2 rings (SSSR count). The minimum Gasteiger partial charge on any atom is -0.388 e. The summed E-state index contributed by atoms with van der Waals surface area (Å²) < 4.78 is 8.41. The molecule has 1 N–H and O–H groups in total. The van der Waals surface area contributed by atoms with Crippen molar-refractivity contribution in [1.82, 2.24) is 0 Å². The summed E-state index contributed by atoms with van der Waals surface area (Å²) >= 11 is 0. The standard InChI is InChI=1S/C22H30O/c1-21(2,3)18-11-7-16(8-12-18)15-20(23)17-9-13-19(14-10-17)22(4,5)6/h7-14,20,23H,15H2,1-6H3/i15D. The molecule has 2 unspecified atom stereocenters. The molecule has 0 amide bonds. The van der Waals surface area contributed by atoms with Gasteiger partial charge in [0.2, 0.25) is 0 Å². The van der Waals surface area contributed by atoms with Gasteiger partial charge in [-0.1, -0.05) is 90.1 Å². The summed E-state index contributed by atoms with van der Waals surface area (Å²) in [4.78, 5) is 0. The van der Waals surface area contributed by atoms with Crippen molar-refractivity contribution in [1.29, 1.82) is 0 Å². The maximum absolute atomic E-state index is 10.6. The molecule has 0 bridgehead atoms. The van der Waals surface area contributed by atoms with E-state index in [0.717, 1.165) is 11.1 Å². The first-order chi connectivity index (χ1) is 11.0. The smallest absolute Gasteiger partial charge is 0.0830 e. The topological polar surface area (TPSA) is 20.2 Å². The van der Waals surface area contributed by atoms with Crippen LogP contribution in [0.25, 0.3) is 0 Å². The first kappa shape index (κ1) is 16.3. The maximum Gasteiger partial charge on any atom is 0.0830 e. The van der Waals surface area contributed by atoms with Gasteiger partial charge in [-0.3, -0.25) is 0 Å². The largest absolute Gasteiger partial charge is 0.388 e. The van der Waals surface area contributed by atoms with Crippen LogP contribution in [0, 0.1) is 0 Å². The predicted octanol–water partition coefficient (Wildman–Crippen LogP) is 5.56. The first-order valence-corrected chi connectivity index (χ1v) is 8.31. The average molecular weight is 311 g/mol. The van der Waals surface area contributed by atoms with E-state index in [1.807, 2.05) is 36.4 Å². The molecule has 0 aliphatic rings. The van der Waals surface area contributed by atoms with Crippen molar-refractivity contribution < 1.29 is 6.48 Å². The third kappa shape index (κ3) is 4.68. The summed E-state index contributed by atoms with van der Waals surface area (Å²) in [6.07, 6.45) is -1.50. The Bertz CT molecular complexity index is 596. The van der Waals surface area contributed by atoms with Gasteiger partial charge >= 0.3 is 0 Å². The zero-order valence-electron chi connectivity index (χ0n) is 16.2. The van der Waals surface area contributed by atoms with Gasteiger partial charge in [0.05, 0.1) is 6.10 Å². The van der Waals surface area contributed by atoms with E-state index in [-0.39, 0.29) is 10.8 Å².